The SMILES string of the molecule is O=C(NCC1CC1)[C@]12CCCN(c3ncccn3)C[C@H]1CN(c1ccccn1)C2. The molecular formula is C22H28N6O. The van der Waals surface area contributed by atoms with Crippen LogP contribution in [0.25, 0.3) is 0 Å². The number of amides is 1. The number of nitrogens with zero attached hydrogens (tertiary/aromatic N) is 5. The second-order valence-electron chi connectivity index (χ2n) is 8.67. The van der Waals surface area contributed by atoms with Crippen molar-refractivity contribution in [2.75, 3.05) is 42.5 Å². The van der Waals surface area contributed by atoms with Gasteiger partial charge in [-0.15, -0.1) is 0 Å². The zero-order valence-electron chi connectivity index (χ0n) is 16.7. The molecule has 3 fully saturated rings. The van der Waals surface area contributed by atoms with Crippen molar-refractivity contribution in [3.63, 3.8) is 0 Å². The van der Waals surface area contributed by atoms with E-state index >= 15 is 0 Å². The Labute approximate surface area is 171 Å². The third-order valence-corrected chi connectivity index (χ3v) is 6.70. The number of pyridine rings is 1. The lowest BCUT2D eigenvalue weighted by Gasteiger charge is -2.32. The third kappa shape index (κ3) is 3.66. The highest BCUT2D eigenvalue weighted by Gasteiger charge is 2.53. The molecule has 1 amide bonds. The molecule has 2 aliphatic heterocycles. The first kappa shape index (κ1) is 18.3. The molecular weight excluding hydrogens is 364 g/mol. The van der Waals surface area contributed by atoms with Crippen molar-refractivity contribution in [2.45, 2.75) is 25.7 Å². The minimum Gasteiger partial charge on any atom is -0.355 e. The number of carbonyl (C=O) groups excluding carboxylic acids is 1. The van der Waals surface area contributed by atoms with Crippen LogP contribution in [0.5, 0.6) is 0 Å². The lowest BCUT2D eigenvalue weighted by Crippen LogP contribution is -2.48. The van der Waals surface area contributed by atoms with Crippen LogP contribution in [0.4, 0.5) is 11.8 Å². The molecule has 1 N–H and O–H groups in total. The Morgan fingerprint density at radius 3 is 2.62 bits per heavy atom. The van der Waals surface area contributed by atoms with Gasteiger partial charge in [-0.2, -0.15) is 0 Å². The average Bonchev–Trinajstić information content (AvgIpc) is 3.56. The lowest BCUT2D eigenvalue weighted by atomic mass is 9.74. The summed E-state index contributed by atoms with van der Waals surface area (Å²) in [5.74, 6) is 2.84. The molecule has 0 spiro atoms. The topological polar surface area (TPSA) is 74.2 Å². The van der Waals surface area contributed by atoms with Crippen molar-refractivity contribution in [1.29, 1.82) is 0 Å². The highest BCUT2D eigenvalue weighted by molar-refractivity contribution is 5.85. The third-order valence-electron chi connectivity index (χ3n) is 6.70. The lowest BCUT2D eigenvalue weighted by molar-refractivity contribution is -0.132. The number of rotatable bonds is 5. The van der Waals surface area contributed by atoms with Crippen molar-refractivity contribution in [1.82, 2.24) is 20.3 Å². The number of hydrogen-bond donors (Lipinski definition) is 1. The number of carbonyl (C=O) groups is 1. The van der Waals surface area contributed by atoms with Gasteiger partial charge in [-0.1, -0.05) is 6.07 Å². The number of aromatic nitrogens is 3. The van der Waals surface area contributed by atoms with Crippen LogP contribution in [-0.4, -0.2) is 53.6 Å². The summed E-state index contributed by atoms with van der Waals surface area (Å²) >= 11 is 0. The molecule has 29 heavy (non-hydrogen) atoms. The Balaban J connectivity index is 1.42. The number of nitrogens with one attached hydrogen (secondary N) is 1. The van der Waals surface area contributed by atoms with Crippen LogP contribution < -0.4 is 15.1 Å². The average molecular weight is 393 g/mol. The van der Waals surface area contributed by atoms with Crippen molar-refractivity contribution in [3.05, 3.63) is 42.9 Å². The van der Waals surface area contributed by atoms with Crippen LogP contribution in [0, 0.1) is 17.3 Å². The van der Waals surface area contributed by atoms with Crippen LogP contribution in [0.15, 0.2) is 42.9 Å². The van der Waals surface area contributed by atoms with E-state index in [0.717, 1.165) is 57.3 Å². The Morgan fingerprint density at radius 1 is 1.07 bits per heavy atom. The van der Waals surface area contributed by atoms with Crippen molar-refractivity contribution in [2.24, 2.45) is 17.3 Å². The van der Waals surface area contributed by atoms with Crippen LogP contribution in [0.3, 0.4) is 0 Å². The first-order valence-electron chi connectivity index (χ1n) is 10.7. The fourth-order valence-electron chi connectivity index (χ4n) is 4.89. The largest absolute Gasteiger partial charge is 0.355 e. The van der Waals surface area contributed by atoms with Crippen LogP contribution in [-0.2, 0) is 4.79 Å². The minimum absolute atomic E-state index is 0.218. The predicted octanol–water partition coefficient (Wildman–Crippen LogP) is 2.12. The Morgan fingerprint density at radius 2 is 1.86 bits per heavy atom. The zero-order chi connectivity index (χ0) is 19.7. The maximum absolute atomic E-state index is 13.5. The summed E-state index contributed by atoms with van der Waals surface area (Å²) in [6, 6.07) is 7.83. The number of anilines is 2. The molecule has 7 heteroatoms. The van der Waals surface area contributed by atoms with E-state index in [1.165, 1.54) is 12.8 Å². The van der Waals surface area contributed by atoms with E-state index in [0.29, 0.717) is 5.92 Å². The van der Waals surface area contributed by atoms with Gasteiger partial charge in [0.15, 0.2) is 0 Å². The molecule has 2 atom stereocenters. The summed E-state index contributed by atoms with van der Waals surface area (Å²) in [7, 11) is 0. The molecule has 0 bridgehead atoms. The molecule has 0 unspecified atom stereocenters. The molecule has 4 heterocycles. The Bertz CT molecular complexity index is 843. The van der Waals surface area contributed by atoms with E-state index in [1.54, 1.807) is 12.4 Å². The monoisotopic (exact) mass is 392 g/mol. The second kappa shape index (κ2) is 7.61. The van der Waals surface area contributed by atoms with E-state index in [1.807, 2.05) is 30.5 Å². The van der Waals surface area contributed by atoms with Gasteiger partial charge in [0.25, 0.3) is 0 Å². The molecule has 2 aromatic rings. The van der Waals surface area contributed by atoms with Crippen LogP contribution in [0.1, 0.15) is 25.7 Å². The summed E-state index contributed by atoms with van der Waals surface area (Å²) in [6.45, 7) is 4.07. The van der Waals surface area contributed by atoms with E-state index in [9.17, 15) is 4.79 Å². The number of hydrogen-bond acceptors (Lipinski definition) is 6. The summed E-state index contributed by atoms with van der Waals surface area (Å²) < 4.78 is 0. The summed E-state index contributed by atoms with van der Waals surface area (Å²) in [4.78, 5) is 31.5. The van der Waals surface area contributed by atoms with Gasteiger partial charge in [-0.05, 0) is 49.8 Å². The first-order chi connectivity index (χ1) is 14.2. The molecule has 0 aromatic carbocycles. The van der Waals surface area contributed by atoms with Gasteiger partial charge in [-0.3, -0.25) is 4.79 Å². The van der Waals surface area contributed by atoms with Crippen molar-refractivity contribution in [3.8, 4) is 0 Å². The molecule has 3 aliphatic rings. The normalized spacial score (nSPS) is 26.7. The van der Waals surface area contributed by atoms with Crippen molar-refractivity contribution >= 4 is 17.7 Å². The quantitative estimate of drug-likeness (QED) is 0.840. The van der Waals surface area contributed by atoms with Crippen LogP contribution >= 0.6 is 0 Å². The fraction of sp³-hybridized carbons (Fsp3) is 0.545. The first-order valence-corrected chi connectivity index (χ1v) is 10.7. The molecule has 2 aromatic heterocycles. The molecule has 152 valence electrons. The van der Waals surface area contributed by atoms with Gasteiger partial charge >= 0.3 is 0 Å². The highest BCUT2D eigenvalue weighted by atomic mass is 16.2. The second-order valence-corrected chi connectivity index (χ2v) is 8.67. The van der Waals surface area contributed by atoms with Gasteiger partial charge in [0.05, 0.1) is 5.41 Å². The zero-order valence-corrected chi connectivity index (χ0v) is 16.7. The molecule has 0 radical (unpaired) electrons. The van der Waals surface area contributed by atoms with Crippen LogP contribution in [0.2, 0.25) is 0 Å². The summed E-state index contributed by atoms with van der Waals surface area (Å²) in [5, 5.41) is 3.30. The van der Waals surface area contributed by atoms with Crippen molar-refractivity contribution < 1.29 is 4.79 Å². The molecule has 1 aliphatic carbocycles. The Hall–Kier alpha value is -2.70. The summed E-state index contributed by atoms with van der Waals surface area (Å²) in [6.07, 6.45) is 9.75. The van der Waals surface area contributed by atoms with E-state index in [2.05, 4.69) is 30.1 Å². The molecule has 7 nitrogen and oxygen atoms in total. The Kier molecular flexibility index (Phi) is 4.81. The minimum atomic E-state index is -0.379. The molecule has 5 rings (SSSR count). The maximum Gasteiger partial charge on any atom is 0.228 e. The van der Waals surface area contributed by atoms with Gasteiger partial charge < -0.3 is 15.1 Å². The van der Waals surface area contributed by atoms with Gasteiger partial charge in [0.2, 0.25) is 11.9 Å². The number of fused-ring (bicyclic) bond motifs is 1. The summed E-state index contributed by atoms with van der Waals surface area (Å²) in [5.41, 5.74) is -0.379. The molecule has 2 saturated heterocycles. The van der Waals surface area contributed by atoms with Gasteiger partial charge in [0, 0.05) is 57.2 Å². The maximum atomic E-state index is 13.5. The smallest absolute Gasteiger partial charge is 0.228 e. The van der Waals surface area contributed by atoms with E-state index in [-0.39, 0.29) is 17.2 Å². The fourth-order valence-corrected chi connectivity index (χ4v) is 4.89. The highest BCUT2D eigenvalue weighted by Crippen LogP contribution is 2.44. The van der Waals surface area contributed by atoms with E-state index in [4.69, 9.17) is 0 Å². The van der Waals surface area contributed by atoms with Gasteiger partial charge in [-0.25, -0.2) is 15.0 Å². The predicted molar refractivity (Wildman–Crippen MR) is 112 cm³/mol. The standard InChI is InChI=1S/C22H28N6O/c29-20(26-13-17-6-7-17)22-8-3-12-27(21-24-10-4-11-25-21)14-18(22)15-28(16-22)19-5-1-2-9-23-19/h1-2,4-5,9-11,17-18H,3,6-8,12-16H2,(H,26,29)/t18-,22-/m0/s1. The van der Waals surface area contributed by atoms with Gasteiger partial charge in [0.1, 0.15) is 5.82 Å². The molecule has 1 saturated carbocycles. The van der Waals surface area contributed by atoms with E-state index < -0.39 is 0 Å².